The van der Waals surface area contributed by atoms with Crippen molar-refractivity contribution in [2.75, 3.05) is 0 Å². The third-order valence-corrected chi connectivity index (χ3v) is 3.77. The van der Waals surface area contributed by atoms with E-state index in [1.807, 2.05) is 63.2 Å². The zero-order chi connectivity index (χ0) is 15.4. The molecule has 0 aliphatic heterocycles. The molecule has 3 heteroatoms. The zero-order valence-corrected chi connectivity index (χ0v) is 12.8. The largest absolute Gasteiger partial charge is 0.346 e. The van der Waals surface area contributed by atoms with Gasteiger partial charge in [0, 0.05) is 12.1 Å². The Bertz CT molecular complexity index is 612. The van der Waals surface area contributed by atoms with Gasteiger partial charge in [-0.3, -0.25) is 4.79 Å². The van der Waals surface area contributed by atoms with Gasteiger partial charge in [-0.05, 0) is 43.0 Å². The van der Waals surface area contributed by atoms with Gasteiger partial charge in [-0.15, -0.1) is 0 Å². The fraction of sp³-hybridized carbons (Fsp3) is 0.278. The molecule has 0 saturated heterocycles. The summed E-state index contributed by atoms with van der Waals surface area (Å²) in [6.45, 7) is 6.44. The number of aryl methyl sites for hydroxylation is 2. The molecule has 2 rings (SSSR count). The molecule has 1 amide bonds. The Kier molecular flexibility index (Phi) is 4.76. The summed E-state index contributed by atoms with van der Waals surface area (Å²) in [5.41, 5.74) is 10.5. The molecule has 0 heterocycles. The Balaban J connectivity index is 2.15. The van der Waals surface area contributed by atoms with Gasteiger partial charge >= 0.3 is 0 Å². The van der Waals surface area contributed by atoms with E-state index in [9.17, 15) is 4.79 Å². The predicted molar refractivity (Wildman–Crippen MR) is 86.1 cm³/mol. The van der Waals surface area contributed by atoms with Crippen LogP contribution in [0.25, 0.3) is 0 Å². The summed E-state index contributed by atoms with van der Waals surface area (Å²) in [5.74, 6) is -0.0269. The number of rotatable bonds is 4. The molecule has 2 aromatic rings. The number of hydrogen-bond donors (Lipinski definition) is 2. The Morgan fingerprint density at radius 2 is 1.67 bits per heavy atom. The van der Waals surface area contributed by atoms with Crippen molar-refractivity contribution < 1.29 is 4.79 Å². The number of nitrogens with one attached hydrogen (secondary N) is 1. The van der Waals surface area contributed by atoms with Crippen LogP contribution in [0.15, 0.2) is 42.5 Å². The maximum Gasteiger partial charge on any atom is 0.252 e. The second kappa shape index (κ2) is 6.55. The highest BCUT2D eigenvalue weighted by Crippen LogP contribution is 2.17. The van der Waals surface area contributed by atoms with Crippen molar-refractivity contribution in [3.8, 4) is 0 Å². The van der Waals surface area contributed by atoms with E-state index in [1.165, 1.54) is 0 Å². The minimum Gasteiger partial charge on any atom is -0.346 e. The van der Waals surface area contributed by atoms with Crippen molar-refractivity contribution in [1.29, 1.82) is 0 Å². The van der Waals surface area contributed by atoms with Crippen molar-refractivity contribution in [3.05, 3.63) is 70.3 Å². The first-order chi connectivity index (χ1) is 10.0. The van der Waals surface area contributed by atoms with Gasteiger partial charge in [0.25, 0.3) is 5.91 Å². The van der Waals surface area contributed by atoms with Crippen LogP contribution in [0.4, 0.5) is 0 Å². The third-order valence-electron chi connectivity index (χ3n) is 3.77. The molecule has 0 radical (unpaired) electrons. The van der Waals surface area contributed by atoms with Gasteiger partial charge in [-0.2, -0.15) is 0 Å². The number of nitrogens with two attached hydrogens (primary N) is 1. The van der Waals surface area contributed by atoms with Crippen LogP contribution >= 0.6 is 0 Å². The van der Waals surface area contributed by atoms with Crippen molar-refractivity contribution >= 4 is 5.91 Å². The molecule has 3 N–H and O–H groups in total. The summed E-state index contributed by atoms with van der Waals surface area (Å²) in [5, 5.41) is 3.06. The number of benzene rings is 2. The van der Waals surface area contributed by atoms with Crippen LogP contribution in [-0.2, 0) is 6.54 Å². The molecule has 0 aliphatic rings. The Hall–Kier alpha value is -2.13. The molecular weight excluding hydrogens is 260 g/mol. The molecule has 0 aliphatic carbocycles. The van der Waals surface area contributed by atoms with Gasteiger partial charge in [0.15, 0.2) is 0 Å². The van der Waals surface area contributed by atoms with E-state index in [4.69, 9.17) is 5.73 Å². The minimum atomic E-state index is -0.0386. The van der Waals surface area contributed by atoms with Gasteiger partial charge < -0.3 is 11.1 Å². The lowest BCUT2D eigenvalue weighted by Gasteiger charge is -2.17. The molecule has 0 fully saturated rings. The zero-order valence-electron chi connectivity index (χ0n) is 12.8. The molecular formula is C18H22N2O. The Morgan fingerprint density at radius 3 is 2.19 bits per heavy atom. The first-order valence-electron chi connectivity index (χ1n) is 7.19. The minimum absolute atomic E-state index is 0.0269. The predicted octanol–water partition coefficient (Wildman–Crippen LogP) is 3.25. The van der Waals surface area contributed by atoms with Crippen LogP contribution in [0.2, 0.25) is 0 Å². The van der Waals surface area contributed by atoms with Crippen molar-refractivity contribution in [2.45, 2.75) is 33.4 Å². The van der Waals surface area contributed by atoms with Gasteiger partial charge in [0.2, 0.25) is 0 Å². The fourth-order valence-electron chi connectivity index (χ4n) is 2.47. The van der Waals surface area contributed by atoms with Crippen LogP contribution in [0.1, 0.15) is 45.6 Å². The van der Waals surface area contributed by atoms with Crippen molar-refractivity contribution in [1.82, 2.24) is 5.32 Å². The van der Waals surface area contributed by atoms with Crippen LogP contribution < -0.4 is 11.1 Å². The standard InChI is InChI=1S/C18H22N2O/c1-12-5-4-6-13(2)17(12)18(21)20-14(3)16-9-7-15(11-19)8-10-16/h4-10,14H,11,19H2,1-3H3,(H,20,21). The number of carbonyl (C=O) groups excluding carboxylic acids is 1. The molecule has 1 unspecified atom stereocenters. The molecule has 0 saturated carbocycles. The van der Waals surface area contributed by atoms with Gasteiger partial charge in [0.1, 0.15) is 0 Å². The number of amides is 1. The average Bonchev–Trinajstić information content (AvgIpc) is 2.47. The lowest BCUT2D eigenvalue weighted by Crippen LogP contribution is -2.28. The molecule has 1 atom stereocenters. The molecule has 2 aromatic carbocycles. The van der Waals surface area contributed by atoms with E-state index in [0.717, 1.165) is 27.8 Å². The SMILES string of the molecule is Cc1cccc(C)c1C(=O)NC(C)c1ccc(CN)cc1. The summed E-state index contributed by atoms with van der Waals surface area (Å²) in [4.78, 5) is 12.5. The maximum atomic E-state index is 12.5. The molecule has 0 aromatic heterocycles. The van der Waals surface area contributed by atoms with Gasteiger partial charge in [-0.1, -0.05) is 42.5 Å². The molecule has 110 valence electrons. The average molecular weight is 282 g/mol. The molecule has 0 spiro atoms. The summed E-state index contributed by atoms with van der Waals surface area (Å²) in [7, 11) is 0. The van der Waals surface area contributed by atoms with E-state index in [2.05, 4.69) is 5.32 Å². The summed E-state index contributed by atoms with van der Waals surface area (Å²) >= 11 is 0. The lowest BCUT2D eigenvalue weighted by molar-refractivity contribution is 0.0938. The normalized spacial score (nSPS) is 12.0. The van der Waals surface area contributed by atoms with E-state index < -0.39 is 0 Å². The quantitative estimate of drug-likeness (QED) is 0.904. The molecule has 3 nitrogen and oxygen atoms in total. The van der Waals surface area contributed by atoms with Gasteiger partial charge in [-0.25, -0.2) is 0 Å². The van der Waals surface area contributed by atoms with Crippen LogP contribution in [-0.4, -0.2) is 5.91 Å². The van der Waals surface area contributed by atoms with Crippen molar-refractivity contribution in [3.63, 3.8) is 0 Å². The van der Waals surface area contributed by atoms with E-state index in [1.54, 1.807) is 0 Å². The van der Waals surface area contributed by atoms with E-state index in [-0.39, 0.29) is 11.9 Å². The van der Waals surface area contributed by atoms with Crippen LogP contribution in [0, 0.1) is 13.8 Å². The summed E-state index contributed by atoms with van der Waals surface area (Å²) in [6.07, 6.45) is 0. The van der Waals surface area contributed by atoms with E-state index in [0.29, 0.717) is 6.54 Å². The molecule has 0 bridgehead atoms. The number of carbonyl (C=O) groups is 1. The topological polar surface area (TPSA) is 55.1 Å². The summed E-state index contributed by atoms with van der Waals surface area (Å²) in [6, 6.07) is 13.9. The Morgan fingerprint density at radius 1 is 1.10 bits per heavy atom. The highest BCUT2D eigenvalue weighted by atomic mass is 16.1. The van der Waals surface area contributed by atoms with Gasteiger partial charge in [0.05, 0.1) is 6.04 Å². The first kappa shape index (κ1) is 15.3. The van der Waals surface area contributed by atoms with Crippen molar-refractivity contribution in [2.24, 2.45) is 5.73 Å². The summed E-state index contributed by atoms with van der Waals surface area (Å²) < 4.78 is 0. The fourth-order valence-corrected chi connectivity index (χ4v) is 2.47. The lowest BCUT2D eigenvalue weighted by atomic mass is 10.0. The number of hydrogen-bond acceptors (Lipinski definition) is 2. The second-order valence-electron chi connectivity index (χ2n) is 5.41. The molecule has 21 heavy (non-hydrogen) atoms. The smallest absolute Gasteiger partial charge is 0.252 e. The monoisotopic (exact) mass is 282 g/mol. The first-order valence-corrected chi connectivity index (χ1v) is 7.19. The Labute approximate surface area is 126 Å². The maximum absolute atomic E-state index is 12.5. The highest BCUT2D eigenvalue weighted by Gasteiger charge is 2.15. The van der Waals surface area contributed by atoms with Crippen LogP contribution in [0.3, 0.4) is 0 Å². The van der Waals surface area contributed by atoms with Crippen LogP contribution in [0.5, 0.6) is 0 Å². The highest BCUT2D eigenvalue weighted by molar-refractivity contribution is 5.97. The third kappa shape index (κ3) is 3.50. The second-order valence-corrected chi connectivity index (χ2v) is 5.41. The van der Waals surface area contributed by atoms with E-state index >= 15 is 0 Å².